The number of rotatable bonds is 10. The average Bonchev–Trinajstić information content (AvgIpc) is 2.29. The zero-order chi connectivity index (χ0) is 14.6. The van der Waals surface area contributed by atoms with Gasteiger partial charge in [0.1, 0.15) is 5.60 Å². The number of unbranched alkanes of at least 4 members (excludes halogenated alkanes) is 6. The Balaban J connectivity index is 3.27. The Bertz CT molecular complexity index is 292. The zero-order valence-electron chi connectivity index (χ0n) is 12.5. The SMILES string of the molecule is CC(C)(C)OC(=O)CCCCCCCCCN=[N+]=[N-]. The van der Waals surface area contributed by atoms with Gasteiger partial charge in [-0.05, 0) is 39.1 Å². The fraction of sp³-hybridized carbons (Fsp3) is 0.929. The monoisotopic (exact) mass is 269 g/mol. The highest BCUT2D eigenvalue weighted by atomic mass is 16.6. The molecule has 0 heterocycles. The molecule has 0 saturated carbocycles. The summed E-state index contributed by atoms with van der Waals surface area (Å²) in [7, 11) is 0. The standard InChI is InChI=1S/C14H27N3O2/c1-14(2,3)19-13(18)11-9-7-5-4-6-8-10-12-16-17-15/h4-12H2,1-3H3. The van der Waals surface area contributed by atoms with Gasteiger partial charge in [-0.25, -0.2) is 0 Å². The van der Waals surface area contributed by atoms with Crippen molar-refractivity contribution in [1.82, 2.24) is 0 Å². The number of carbonyl (C=O) groups excluding carboxylic acids is 1. The maximum absolute atomic E-state index is 11.4. The van der Waals surface area contributed by atoms with Crippen molar-refractivity contribution in [3.63, 3.8) is 0 Å². The second-order valence-electron chi connectivity index (χ2n) is 5.77. The van der Waals surface area contributed by atoms with Crippen LogP contribution in [0.5, 0.6) is 0 Å². The number of azide groups is 1. The van der Waals surface area contributed by atoms with Crippen molar-refractivity contribution in [2.24, 2.45) is 5.11 Å². The van der Waals surface area contributed by atoms with Crippen LogP contribution in [0.2, 0.25) is 0 Å². The van der Waals surface area contributed by atoms with E-state index in [-0.39, 0.29) is 11.6 Å². The lowest BCUT2D eigenvalue weighted by Gasteiger charge is -2.19. The van der Waals surface area contributed by atoms with Crippen molar-refractivity contribution in [3.05, 3.63) is 10.4 Å². The normalized spacial score (nSPS) is 10.9. The maximum Gasteiger partial charge on any atom is 0.306 e. The largest absolute Gasteiger partial charge is 0.460 e. The summed E-state index contributed by atoms with van der Waals surface area (Å²) < 4.78 is 5.24. The van der Waals surface area contributed by atoms with Gasteiger partial charge in [-0.15, -0.1) is 0 Å². The molecule has 0 atom stereocenters. The third kappa shape index (κ3) is 14.7. The first kappa shape index (κ1) is 17.8. The van der Waals surface area contributed by atoms with E-state index in [0.29, 0.717) is 13.0 Å². The predicted molar refractivity (Wildman–Crippen MR) is 76.8 cm³/mol. The molecule has 0 radical (unpaired) electrons. The second kappa shape index (κ2) is 10.7. The van der Waals surface area contributed by atoms with Gasteiger partial charge in [0.25, 0.3) is 0 Å². The van der Waals surface area contributed by atoms with Gasteiger partial charge in [-0.1, -0.05) is 37.2 Å². The van der Waals surface area contributed by atoms with Gasteiger partial charge in [0.15, 0.2) is 0 Å². The Morgan fingerprint density at radius 1 is 1.05 bits per heavy atom. The Morgan fingerprint density at radius 2 is 1.58 bits per heavy atom. The lowest BCUT2D eigenvalue weighted by atomic mass is 10.1. The van der Waals surface area contributed by atoms with Crippen LogP contribution in [0.25, 0.3) is 10.4 Å². The molecule has 0 aliphatic heterocycles. The third-order valence-electron chi connectivity index (χ3n) is 2.62. The predicted octanol–water partition coefficient (Wildman–Crippen LogP) is 4.76. The zero-order valence-corrected chi connectivity index (χ0v) is 12.5. The smallest absolute Gasteiger partial charge is 0.306 e. The van der Waals surface area contributed by atoms with Gasteiger partial charge in [0.05, 0.1) is 0 Å². The molecular weight excluding hydrogens is 242 g/mol. The molecule has 19 heavy (non-hydrogen) atoms. The molecule has 0 aliphatic carbocycles. The van der Waals surface area contributed by atoms with Crippen LogP contribution in [0.1, 0.15) is 72.1 Å². The lowest BCUT2D eigenvalue weighted by molar-refractivity contribution is -0.154. The van der Waals surface area contributed by atoms with Crippen LogP contribution in [-0.4, -0.2) is 18.1 Å². The van der Waals surface area contributed by atoms with E-state index in [2.05, 4.69) is 10.0 Å². The highest BCUT2D eigenvalue weighted by molar-refractivity contribution is 5.69. The van der Waals surface area contributed by atoms with E-state index in [4.69, 9.17) is 10.3 Å². The summed E-state index contributed by atoms with van der Waals surface area (Å²) in [6.45, 7) is 6.28. The topological polar surface area (TPSA) is 75.1 Å². The fourth-order valence-corrected chi connectivity index (χ4v) is 1.77. The van der Waals surface area contributed by atoms with E-state index in [9.17, 15) is 4.79 Å². The van der Waals surface area contributed by atoms with Crippen LogP contribution >= 0.6 is 0 Å². The molecule has 0 aliphatic rings. The first-order valence-corrected chi connectivity index (χ1v) is 7.18. The molecule has 0 aromatic carbocycles. The molecule has 0 fully saturated rings. The van der Waals surface area contributed by atoms with Crippen molar-refractivity contribution in [2.75, 3.05) is 6.54 Å². The fourth-order valence-electron chi connectivity index (χ4n) is 1.77. The van der Waals surface area contributed by atoms with E-state index in [1.165, 1.54) is 12.8 Å². The van der Waals surface area contributed by atoms with E-state index in [0.717, 1.165) is 32.1 Å². The molecule has 0 spiro atoms. The van der Waals surface area contributed by atoms with Gasteiger partial charge in [-0.3, -0.25) is 4.79 Å². The molecule has 5 heteroatoms. The minimum absolute atomic E-state index is 0.0955. The number of hydrogen-bond donors (Lipinski definition) is 0. The lowest BCUT2D eigenvalue weighted by Crippen LogP contribution is -2.23. The van der Waals surface area contributed by atoms with Crippen LogP contribution in [0.15, 0.2) is 5.11 Å². The molecule has 0 aromatic rings. The number of carbonyl (C=O) groups is 1. The summed E-state index contributed by atoms with van der Waals surface area (Å²) in [6, 6.07) is 0. The van der Waals surface area contributed by atoms with Crippen molar-refractivity contribution in [2.45, 2.75) is 77.7 Å². The van der Waals surface area contributed by atoms with Gasteiger partial charge in [0, 0.05) is 17.9 Å². The molecule has 0 N–H and O–H groups in total. The molecule has 0 amide bonds. The Hall–Kier alpha value is -1.22. The third-order valence-corrected chi connectivity index (χ3v) is 2.62. The van der Waals surface area contributed by atoms with E-state index < -0.39 is 0 Å². The van der Waals surface area contributed by atoms with Gasteiger partial charge in [0.2, 0.25) is 0 Å². The average molecular weight is 269 g/mol. The molecule has 0 rings (SSSR count). The summed E-state index contributed by atoms with van der Waals surface area (Å²) in [5, 5.41) is 3.50. The van der Waals surface area contributed by atoms with Crippen LogP contribution in [0.4, 0.5) is 0 Å². The summed E-state index contributed by atoms with van der Waals surface area (Å²) >= 11 is 0. The molecule has 0 unspecified atom stereocenters. The summed E-state index contributed by atoms with van der Waals surface area (Å²) in [5.74, 6) is -0.0955. The first-order valence-electron chi connectivity index (χ1n) is 7.18. The van der Waals surface area contributed by atoms with Crippen molar-refractivity contribution in [3.8, 4) is 0 Å². The molecule has 110 valence electrons. The Labute approximate surface area is 116 Å². The minimum atomic E-state index is -0.372. The minimum Gasteiger partial charge on any atom is -0.460 e. The van der Waals surface area contributed by atoms with Crippen LogP contribution in [0.3, 0.4) is 0 Å². The number of nitrogens with zero attached hydrogens (tertiary/aromatic N) is 3. The van der Waals surface area contributed by atoms with Crippen molar-refractivity contribution >= 4 is 5.97 Å². The van der Waals surface area contributed by atoms with E-state index in [1.54, 1.807) is 0 Å². The Morgan fingerprint density at radius 3 is 2.11 bits per heavy atom. The van der Waals surface area contributed by atoms with Crippen LogP contribution < -0.4 is 0 Å². The number of hydrogen-bond acceptors (Lipinski definition) is 3. The highest BCUT2D eigenvalue weighted by Gasteiger charge is 2.15. The summed E-state index contributed by atoms with van der Waals surface area (Å²) in [5.41, 5.74) is 7.73. The van der Waals surface area contributed by atoms with Crippen molar-refractivity contribution < 1.29 is 9.53 Å². The highest BCUT2D eigenvalue weighted by Crippen LogP contribution is 2.12. The van der Waals surface area contributed by atoms with E-state index >= 15 is 0 Å². The molecule has 5 nitrogen and oxygen atoms in total. The number of ether oxygens (including phenoxy) is 1. The van der Waals surface area contributed by atoms with Gasteiger partial charge < -0.3 is 4.74 Å². The van der Waals surface area contributed by atoms with Gasteiger partial charge in [-0.2, -0.15) is 0 Å². The second-order valence-corrected chi connectivity index (χ2v) is 5.77. The van der Waals surface area contributed by atoms with Crippen molar-refractivity contribution in [1.29, 1.82) is 0 Å². The van der Waals surface area contributed by atoms with Gasteiger partial charge >= 0.3 is 5.97 Å². The maximum atomic E-state index is 11.4. The van der Waals surface area contributed by atoms with Crippen LogP contribution in [0, 0.1) is 0 Å². The Kier molecular flexibility index (Phi) is 9.99. The summed E-state index contributed by atoms with van der Waals surface area (Å²) in [4.78, 5) is 14.1. The number of esters is 1. The molecular formula is C14H27N3O2. The molecule has 0 saturated heterocycles. The first-order chi connectivity index (χ1) is 8.95. The van der Waals surface area contributed by atoms with Crippen LogP contribution in [-0.2, 0) is 9.53 Å². The molecule has 0 aromatic heterocycles. The quantitative estimate of drug-likeness (QED) is 0.188. The van der Waals surface area contributed by atoms with E-state index in [1.807, 2.05) is 20.8 Å². The molecule has 0 bridgehead atoms. The summed E-state index contributed by atoms with van der Waals surface area (Å²) in [6.07, 6.45) is 8.12.